The number of carbonyl (C=O) groups excluding carboxylic acids is 1. The summed E-state index contributed by atoms with van der Waals surface area (Å²) < 4.78 is 0. The van der Waals surface area contributed by atoms with Gasteiger partial charge in [0.2, 0.25) is 5.91 Å². The fourth-order valence-electron chi connectivity index (χ4n) is 3.99. The highest BCUT2D eigenvalue weighted by molar-refractivity contribution is 5.81. The molecule has 0 bridgehead atoms. The van der Waals surface area contributed by atoms with Crippen molar-refractivity contribution in [1.82, 2.24) is 20.5 Å². The second-order valence-corrected chi connectivity index (χ2v) is 7.97. The van der Waals surface area contributed by atoms with Gasteiger partial charge in [-0.05, 0) is 38.3 Å². The quantitative estimate of drug-likeness (QED) is 0.578. The first-order valence-corrected chi connectivity index (χ1v) is 10.5. The molecule has 2 fully saturated rings. The fourth-order valence-corrected chi connectivity index (χ4v) is 3.99. The van der Waals surface area contributed by atoms with Crippen LogP contribution in [0.25, 0.3) is 0 Å². The van der Waals surface area contributed by atoms with Gasteiger partial charge in [-0.2, -0.15) is 0 Å². The number of carbonyl (C=O) groups is 1. The molecule has 7 nitrogen and oxygen atoms in total. The Bertz CT molecular complexity index is 683. The molecule has 1 aliphatic carbocycles. The predicted octanol–water partition coefficient (Wildman–Crippen LogP) is 1.99. The van der Waals surface area contributed by atoms with Gasteiger partial charge in [0.1, 0.15) is 5.82 Å². The van der Waals surface area contributed by atoms with Crippen LogP contribution in [0.15, 0.2) is 23.2 Å². The molecule has 0 radical (unpaired) electrons. The van der Waals surface area contributed by atoms with Gasteiger partial charge in [-0.15, -0.1) is 0 Å². The maximum Gasteiger partial charge on any atom is 0.225 e. The van der Waals surface area contributed by atoms with E-state index in [1.54, 1.807) is 0 Å². The number of guanidine groups is 1. The molecule has 28 heavy (non-hydrogen) atoms. The number of hydrogen-bond acceptors (Lipinski definition) is 4. The molecule has 1 saturated heterocycles. The number of nitrogens with one attached hydrogen (secondary N) is 2. The minimum atomic E-state index is 0.254. The molecule has 154 valence electrons. The van der Waals surface area contributed by atoms with Gasteiger partial charge in [0.05, 0.1) is 12.2 Å². The van der Waals surface area contributed by atoms with Crippen molar-refractivity contribution >= 4 is 17.7 Å². The van der Waals surface area contributed by atoms with E-state index >= 15 is 0 Å². The molecule has 1 aliphatic heterocycles. The van der Waals surface area contributed by atoms with Crippen molar-refractivity contribution in [2.24, 2.45) is 10.9 Å². The summed E-state index contributed by atoms with van der Waals surface area (Å²) in [5.41, 5.74) is 0.938. The summed E-state index contributed by atoms with van der Waals surface area (Å²) in [5.74, 6) is 2.34. The van der Waals surface area contributed by atoms with Crippen molar-refractivity contribution in [3.05, 3.63) is 23.9 Å². The summed E-state index contributed by atoms with van der Waals surface area (Å²) in [6, 6.07) is 6.25. The Morgan fingerprint density at radius 2 is 2.07 bits per heavy atom. The minimum absolute atomic E-state index is 0.254. The maximum absolute atomic E-state index is 12.6. The highest BCUT2D eigenvalue weighted by Gasteiger charge is 2.32. The molecule has 3 rings (SSSR count). The van der Waals surface area contributed by atoms with E-state index in [1.165, 1.54) is 12.8 Å². The van der Waals surface area contributed by atoms with Gasteiger partial charge in [0.25, 0.3) is 0 Å². The van der Waals surface area contributed by atoms with E-state index in [9.17, 15) is 4.79 Å². The Morgan fingerprint density at radius 1 is 1.29 bits per heavy atom. The third-order valence-electron chi connectivity index (χ3n) is 5.54. The Kier molecular flexibility index (Phi) is 7.12. The molecule has 2 heterocycles. The first kappa shape index (κ1) is 20.4. The average Bonchev–Trinajstić information content (AvgIpc) is 3.38. The van der Waals surface area contributed by atoms with E-state index in [0.717, 1.165) is 56.4 Å². The third kappa shape index (κ3) is 5.36. The molecule has 0 spiro atoms. The highest BCUT2D eigenvalue weighted by atomic mass is 16.2. The van der Waals surface area contributed by atoms with Crippen LogP contribution in [0.4, 0.5) is 5.82 Å². The number of amides is 1. The van der Waals surface area contributed by atoms with Gasteiger partial charge in [-0.25, -0.2) is 9.98 Å². The Morgan fingerprint density at radius 3 is 2.79 bits per heavy atom. The van der Waals surface area contributed by atoms with Crippen LogP contribution in [0.1, 0.15) is 44.7 Å². The summed E-state index contributed by atoms with van der Waals surface area (Å²) in [6.07, 6.45) is 5.50. The summed E-state index contributed by atoms with van der Waals surface area (Å²) in [4.78, 5) is 26.0. The molecule has 1 unspecified atom stereocenters. The zero-order chi connectivity index (χ0) is 19.9. The topological polar surface area (TPSA) is 72.9 Å². The zero-order valence-corrected chi connectivity index (χ0v) is 17.4. The summed E-state index contributed by atoms with van der Waals surface area (Å²) >= 11 is 0. The van der Waals surface area contributed by atoms with E-state index in [-0.39, 0.29) is 12.0 Å². The molecular formula is C21H34N6O. The molecule has 2 N–H and O–H groups in total. The lowest BCUT2D eigenvalue weighted by molar-refractivity contribution is -0.134. The van der Waals surface area contributed by atoms with E-state index in [1.807, 2.05) is 42.1 Å². The first-order valence-electron chi connectivity index (χ1n) is 10.5. The molecule has 7 heteroatoms. The van der Waals surface area contributed by atoms with Gasteiger partial charge in [-0.1, -0.05) is 18.9 Å². The molecule has 1 aromatic heterocycles. The van der Waals surface area contributed by atoms with Gasteiger partial charge in [-0.3, -0.25) is 4.79 Å². The molecule has 1 aromatic rings. The molecular weight excluding hydrogens is 352 g/mol. The lowest BCUT2D eigenvalue weighted by atomic mass is 10.1. The smallest absolute Gasteiger partial charge is 0.225 e. The number of likely N-dealkylation sites (tertiary alicyclic amines) is 1. The van der Waals surface area contributed by atoms with Crippen LogP contribution >= 0.6 is 0 Å². The van der Waals surface area contributed by atoms with Gasteiger partial charge in [0.15, 0.2) is 5.96 Å². The van der Waals surface area contributed by atoms with Gasteiger partial charge in [0, 0.05) is 45.7 Å². The largest absolute Gasteiger partial charge is 0.363 e. The number of aliphatic imine (C=N–C) groups is 1. The predicted molar refractivity (Wildman–Crippen MR) is 113 cm³/mol. The van der Waals surface area contributed by atoms with E-state index < -0.39 is 0 Å². The van der Waals surface area contributed by atoms with Crippen molar-refractivity contribution in [3.63, 3.8) is 0 Å². The molecule has 0 aromatic carbocycles. The average molecular weight is 387 g/mol. The molecule has 1 saturated carbocycles. The van der Waals surface area contributed by atoms with Gasteiger partial charge >= 0.3 is 0 Å². The normalized spacial score (nSPS) is 20.5. The van der Waals surface area contributed by atoms with Crippen molar-refractivity contribution in [2.45, 2.75) is 51.6 Å². The van der Waals surface area contributed by atoms with Crippen LogP contribution in [0.5, 0.6) is 0 Å². The highest BCUT2D eigenvalue weighted by Crippen LogP contribution is 2.27. The van der Waals surface area contributed by atoms with Gasteiger partial charge < -0.3 is 20.4 Å². The number of pyridine rings is 1. The monoisotopic (exact) mass is 386 g/mol. The zero-order valence-electron chi connectivity index (χ0n) is 17.4. The second kappa shape index (κ2) is 9.75. The Balaban J connectivity index is 1.56. The maximum atomic E-state index is 12.6. The van der Waals surface area contributed by atoms with Crippen molar-refractivity contribution in [2.75, 3.05) is 38.6 Å². The van der Waals surface area contributed by atoms with E-state index in [4.69, 9.17) is 4.99 Å². The van der Waals surface area contributed by atoms with Crippen LogP contribution in [0, 0.1) is 5.92 Å². The first-order chi connectivity index (χ1) is 13.6. The van der Waals surface area contributed by atoms with Crippen molar-refractivity contribution in [3.8, 4) is 0 Å². The molecule has 1 amide bonds. The Labute approximate surface area is 168 Å². The van der Waals surface area contributed by atoms with Crippen molar-refractivity contribution < 1.29 is 4.79 Å². The SMILES string of the molecule is CCNC(=NCc1cccc(N(C)C)n1)NC1CCN(C(=O)C2CCCC2)C1. The molecule has 1 atom stereocenters. The number of rotatable bonds is 6. The number of hydrogen-bond donors (Lipinski definition) is 2. The van der Waals surface area contributed by atoms with E-state index in [0.29, 0.717) is 12.5 Å². The summed E-state index contributed by atoms with van der Waals surface area (Å²) in [6.45, 7) is 5.00. The third-order valence-corrected chi connectivity index (χ3v) is 5.54. The summed E-state index contributed by atoms with van der Waals surface area (Å²) in [5, 5.41) is 6.82. The van der Waals surface area contributed by atoms with Crippen LogP contribution in [0.3, 0.4) is 0 Å². The standard InChI is InChI=1S/C21H34N6O/c1-4-22-21(23-14-17-10-7-11-19(24-17)26(2)3)25-18-12-13-27(15-18)20(28)16-8-5-6-9-16/h7,10-11,16,18H,4-6,8-9,12-15H2,1-3H3,(H2,22,23,25). The number of nitrogens with zero attached hydrogens (tertiary/aromatic N) is 4. The fraction of sp³-hybridized carbons (Fsp3) is 0.667. The van der Waals surface area contributed by atoms with Crippen molar-refractivity contribution in [1.29, 1.82) is 0 Å². The van der Waals surface area contributed by atoms with E-state index in [2.05, 4.69) is 22.5 Å². The second-order valence-electron chi connectivity index (χ2n) is 7.97. The van der Waals surface area contributed by atoms with Crippen LogP contribution < -0.4 is 15.5 Å². The number of aromatic nitrogens is 1. The lowest BCUT2D eigenvalue weighted by Crippen LogP contribution is -2.45. The lowest BCUT2D eigenvalue weighted by Gasteiger charge is -2.21. The minimum Gasteiger partial charge on any atom is -0.363 e. The van der Waals surface area contributed by atoms with Crippen LogP contribution in [-0.4, -0.2) is 61.5 Å². The number of anilines is 1. The Hall–Kier alpha value is -2.31. The molecule has 2 aliphatic rings. The van der Waals surface area contributed by atoms with Crippen LogP contribution in [0.2, 0.25) is 0 Å². The van der Waals surface area contributed by atoms with Crippen LogP contribution in [-0.2, 0) is 11.3 Å². The summed E-state index contributed by atoms with van der Waals surface area (Å²) in [7, 11) is 3.97.